The predicted molar refractivity (Wildman–Crippen MR) is 59.9 cm³/mol. The van der Waals surface area contributed by atoms with E-state index in [1.807, 2.05) is 22.6 Å². The summed E-state index contributed by atoms with van der Waals surface area (Å²) in [5.74, 6) is -0.415. The van der Waals surface area contributed by atoms with Crippen LogP contribution < -0.4 is 5.73 Å². The van der Waals surface area contributed by atoms with E-state index in [-0.39, 0.29) is 0 Å². The summed E-state index contributed by atoms with van der Waals surface area (Å²) < 4.78 is 5.28. The normalized spacial score (nSPS) is 9.77. The van der Waals surface area contributed by atoms with Crippen LogP contribution in [0.4, 0.5) is 5.69 Å². The summed E-state index contributed by atoms with van der Waals surface area (Å²) in [6.45, 7) is 0. The van der Waals surface area contributed by atoms with Gasteiger partial charge in [-0.3, -0.25) is 0 Å². The van der Waals surface area contributed by atoms with Gasteiger partial charge >= 0.3 is 5.97 Å². The number of ether oxygens (including phenoxy) is 1. The number of hydrogen-bond donors (Lipinski definition) is 1. The number of hydrogen-bond acceptors (Lipinski definition) is 3. The van der Waals surface area contributed by atoms with E-state index in [9.17, 15) is 4.79 Å². The maximum atomic E-state index is 11.1. The number of rotatable bonds is 1. The third-order valence-electron chi connectivity index (χ3n) is 1.48. The number of halogens is 2. The Balaban J connectivity index is 3.20. The molecule has 0 fully saturated rings. The number of esters is 1. The van der Waals surface area contributed by atoms with Crippen LogP contribution in [-0.2, 0) is 4.74 Å². The van der Waals surface area contributed by atoms with Crippen molar-refractivity contribution < 1.29 is 9.53 Å². The van der Waals surface area contributed by atoms with Crippen molar-refractivity contribution in [2.75, 3.05) is 12.8 Å². The van der Waals surface area contributed by atoms with Crippen LogP contribution >= 0.6 is 34.2 Å². The number of benzene rings is 1. The molecule has 70 valence electrons. The standard InChI is InChI=1S/C8H7ClINO2/c1-13-8(12)4-2-5(10)7(9)6(11)3-4/h2-3H,11H2,1H3. The Morgan fingerprint density at radius 3 is 2.69 bits per heavy atom. The molecule has 1 aromatic carbocycles. The van der Waals surface area contributed by atoms with Gasteiger partial charge in [-0.1, -0.05) is 11.6 Å². The van der Waals surface area contributed by atoms with Crippen molar-refractivity contribution in [3.8, 4) is 0 Å². The molecule has 0 amide bonds. The first-order chi connectivity index (χ1) is 6.06. The fourth-order valence-corrected chi connectivity index (χ4v) is 1.60. The first-order valence-electron chi connectivity index (χ1n) is 3.39. The van der Waals surface area contributed by atoms with E-state index in [4.69, 9.17) is 17.3 Å². The van der Waals surface area contributed by atoms with Gasteiger partial charge in [-0.25, -0.2) is 4.79 Å². The van der Waals surface area contributed by atoms with Gasteiger partial charge in [0.2, 0.25) is 0 Å². The smallest absolute Gasteiger partial charge is 0.337 e. The van der Waals surface area contributed by atoms with Gasteiger partial charge in [0.1, 0.15) is 0 Å². The van der Waals surface area contributed by atoms with Crippen LogP contribution in [0, 0.1) is 3.57 Å². The van der Waals surface area contributed by atoms with Gasteiger partial charge in [-0.2, -0.15) is 0 Å². The quantitative estimate of drug-likeness (QED) is 0.492. The molecular weight excluding hydrogens is 304 g/mol. The van der Waals surface area contributed by atoms with E-state index in [1.54, 1.807) is 6.07 Å². The summed E-state index contributed by atoms with van der Waals surface area (Å²) in [6, 6.07) is 3.13. The SMILES string of the molecule is COC(=O)c1cc(N)c(Cl)c(I)c1. The number of methoxy groups -OCH3 is 1. The zero-order chi connectivity index (χ0) is 10.0. The first kappa shape index (κ1) is 10.6. The lowest BCUT2D eigenvalue weighted by molar-refractivity contribution is 0.0600. The van der Waals surface area contributed by atoms with E-state index in [1.165, 1.54) is 13.2 Å². The Labute approximate surface area is 94.3 Å². The average Bonchev–Trinajstić information content (AvgIpc) is 2.12. The molecule has 0 aliphatic heterocycles. The molecule has 0 aromatic heterocycles. The van der Waals surface area contributed by atoms with Crippen LogP contribution in [0.3, 0.4) is 0 Å². The summed E-state index contributed by atoms with van der Waals surface area (Å²) in [5, 5.41) is 0.466. The molecule has 0 bridgehead atoms. The van der Waals surface area contributed by atoms with Gasteiger partial charge in [0, 0.05) is 3.57 Å². The molecule has 0 saturated carbocycles. The minimum Gasteiger partial charge on any atom is -0.465 e. The third-order valence-corrected chi connectivity index (χ3v) is 3.07. The Kier molecular flexibility index (Phi) is 3.38. The number of anilines is 1. The molecule has 0 heterocycles. The lowest BCUT2D eigenvalue weighted by atomic mass is 10.2. The van der Waals surface area contributed by atoms with Crippen molar-refractivity contribution >= 4 is 45.8 Å². The molecule has 5 heteroatoms. The van der Waals surface area contributed by atoms with E-state index < -0.39 is 5.97 Å². The fourth-order valence-electron chi connectivity index (χ4n) is 0.846. The second-order valence-electron chi connectivity index (χ2n) is 2.35. The van der Waals surface area contributed by atoms with Crippen molar-refractivity contribution in [2.24, 2.45) is 0 Å². The first-order valence-corrected chi connectivity index (χ1v) is 4.84. The summed E-state index contributed by atoms with van der Waals surface area (Å²) >= 11 is 7.82. The van der Waals surface area contributed by atoms with Crippen LogP contribution in [-0.4, -0.2) is 13.1 Å². The van der Waals surface area contributed by atoms with E-state index in [0.29, 0.717) is 16.3 Å². The molecule has 1 aromatic rings. The average molecular weight is 312 g/mol. The van der Waals surface area contributed by atoms with Crippen LogP contribution in [0.2, 0.25) is 5.02 Å². The molecule has 0 saturated heterocycles. The summed E-state index contributed by atoms with van der Waals surface area (Å²) in [5.41, 5.74) is 6.36. The Hall–Kier alpha value is -0.490. The molecular formula is C8H7ClINO2. The third kappa shape index (κ3) is 2.25. The number of nitrogens with two attached hydrogens (primary N) is 1. The van der Waals surface area contributed by atoms with Crippen molar-refractivity contribution in [2.45, 2.75) is 0 Å². The Morgan fingerprint density at radius 1 is 1.62 bits per heavy atom. The fraction of sp³-hybridized carbons (Fsp3) is 0.125. The molecule has 0 spiro atoms. The minimum absolute atomic E-state index is 0.383. The Morgan fingerprint density at radius 2 is 2.23 bits per heavy atom. The predicted octanol–water partition coefficient (Wildman–Crippen LogP) is 2.31. The highest BCUT2D eigenvalue weighted by Gasteiger charge is 2.10. The van der Waals surface area contributed by atoms with Gasteiger partial charge in [0.05, 0.1) is 23.4 Å². The van der Waals surface area contributed by atoms with Crippen LogP contribution in [0.25, 0.3) is 0 Å². The molecule has 0 aliphatic rings. The molecule has 0 unspecified atom stereocenters. The van der Waals surface area contributed by atoms with Crippen molar-refractivity contribution in [3.05, 3.63) is 26.3 Å². The second-order valence-corrected chi connectivity index (χ2v) is 3.89. The lowest BCUT2D eigenvalue weighted by Crippen LogP contribution is -2.03. The lowest BCUT2D eigenvalue weighted by Gasteiger charge is -2.04. The molecule has 0 atom stereocenters. The van der Waals surface area contributed by atoms with Crippen molar-refractivity contribution in [3.63, 3.8) is 0 Å². The van der Waals surface area contributed by atoms with Crippen molar-refractivity contribution in [1.82, 2.24) is 0 Å². The zero-order valence-electron chi connectivity index (χ0n) is 6.80. The maximum absolute atomic E-state index is 11.1. The summed E-state index contributed by atoms with van der Waals surface area (Å²) in [6.07, 6.45) is 0. The minimum atomic E-state index is -0.415. The van der Waals surface area contributed by atoms with Gasteiger partial charge in [-0.15, -0.1) is 0 Å². The number of nitrogen functional groups attached to an aromatic ring is 1. The highest BCUT2D eigenvalue weighted by atomic mass is 127. The largest absolute Gasteiger partial charge is 0.465 e. The van der Waals surface area contributed by atoms with Crippen molar-refractivity contribution in [1.29, 1.82) is 0 Å². The van der Waals surface area contributed by atoms with E-state index >= 15 is 0 Å². The maximum Gasteiger partial charge on any atom is 0.337 e. The molecule has 0 radical (unpaired) electrons. The molecule has 1 rings (SSSR count). The zero-order valence-corrected chi connectivity index (χ0v) is 9.72. The van der Waals surface area contributed by atoms with Gasteiger partial charge in [0.25, 0.3) is 0 Å². The number of carbonyl (C=O) groups is 1. The molecule has 3 nitrogen and oxygen atoms in total. The topological polar surface area (TPSA) is 52.3 Å². The monoisotopic (exact) mass is 311 g/mol. The highest BCUT2D eigenvalue weighted by molar-refractivity contribution is 14.1. The molecule has 0 aliphatic carbocycles. The molecule has 13 heavy (non-hydrogen) atoms. The van der Waals surface area contributed by atoms with Gasteiger partial charge < -0.3 is 10.5 Å². The van der Waals surface area contributed by atoms with Crippen LogP contribution in [0.15, 0.2) is 12.1 Å². The number of carbonyl (C=O) groups excluding carboxylic acids is 1. The van der Waals surface area contributed by atoms with Gasteiger partial charge in [-0.05, 0) is 34.7 Å². The van der Waals surface area contributed by atoms with E-state index in [2.05, 4.69) is 4.74 Å². The second kappa shape index (κ2) is 4.15. The van der Waals surface area contributed by atoms with Gasteiger partial charge in [0.15, 0.2) is 0 Å². The Bertz CT molecular complexity index is 331. The summed E-state index contributed by atoms with van der Waals surface area (Å²) in [4.78, 5) is 11.1. The van der Waals surface area contributed by atoms with Crippen LogP contribution in [0.1, 0.15) is 10.4 Å². The highest BCUT2D eigenvalue weighted by Crippen LogP contribution is 2.26. The van der Waals surface area contributed by atoms with Crippen LogP contribution in [0.5, 0.6) is 0 Å². The summed E-state index contributed by atoms with van der Waals surface area (Å²) in [7, 11) is 1.32. The van der Waals surface area contributed by atoms with E-state index in [0.717, 1.165) is 3.57 Å². The molecule has 2 N–H and O–H groups in total.